The maximum atomic E-state index is 13.0. The molecule has 0 N–H and O–H groups in total. The van der Waals surface area contributed by atoms with Crippen LogP contribution in [-0.2, 0) is 21.9 Å². The molecule has 1 aliphatic rings. The number of carbonyl (C=O) groups excluding carboxylic acids is 1. The van der Waals surface area contributed by atoms with Crippen LogP contribution < -0.4 is 0 Å². The van der Waals surface area contributed by atoms with E-state index in [-0.39, 0.29) is 5.91 Å². The molecule has 1 saturated heterocycles. The van der Waals surface area contributed by atoms with Crippen LogP contribution in [0, 0.1) is 13.8 Å². The zero-order valence-electron chi connectivity index (χ0n) is 15.8. The Morgan fingerprint density at radius 1 is 1.19 bits per heavy atom. The molecule has 9 heteroatoms. The van der Waals surface area contributed by atoms with Gasteiger partial charge in [-0.1, -0.05) is 23.9 Å². The van der Waals surface area contributed by atoms with Crippen molar-refractivity contribution in [2.75, 3.05) is 31.9 Å². The highest BCUT2D eigenvalue weighted by Crippen LogP contribution is 2.23. The van der Waals surface area contributed by atoms with Crippen LogP contribution in [0.25, 0.3) is 0 Å². The summed E-state index contributed by atoms with van der Waals surface area (Å²) in [5.41, 5.74) is 1.66. The first-order valence-corrected chi connectivity index (χ1v) is 11.2. The molecule has 0 unspecified atom stereocenters. The van der Waals surface area contributed by atoms with Gasteiger partial charge in [0.1, 0.15) is 0 Å². The summed E-state index contributed by atoms with van der Waals surface area (Å²) < 4.78 is 29.3. The molecule has 0 aliphatic carbocycles. The maximum Gasteiger partial charge on any atom is 0.243 e. The predicted molar refractivity (Wildman–Crippen MR) is 105 cm³/mol. The van der Waals surface area contributed by atoms with E-state index < -0.39 is 10.0 Å². The first-order valence-electron chi connectivity index (χ1n) is 8.74. The summed E-state index contributed by atoms with van der Waals surface area (Å²) in [5, 5.41) is 0.791. The van der Waals surface area contributed by atoms with Crippen molar-refractivity contribution in [3.05, 3.63) is 41.7 Å². The molecule has 2 aromatic rings. The lowest BCUT2D eigenvalue weighted by molar-refractivity contribution is -0.129. The summed E-state index contributed by atoms with van der Waals surface area (Å²) in [5.74, 6) is 0.306. The minimum absolute atomic E-state index is 0.00628. The van der Waals surface area contributed by atoms with Crippen LogP contribution in [0.3, 0.4) is 0 Å². The fourth-order valence-corrected chi connectivity index (χ4v) is 5.58. The number of thioether (sulfide) groups is 1. The molecular formula is C18H24N4O3S2. The number of rotatable bonds is 5. The molecule has 1 aromatic heterocycles. The van der Waals surface area contributed by atoms with E-state index in [0.717, 1.165) is 16.3 Å². The van der Waals surface area contributed by atoms with Crippen LogP contribution in [0.1, 0.15) is 11.1 Å². The first-order chi connectivity index (χ1) is 12.8. The third kappa shape index (κ3) is 4.36. The number of hydrogen-bond acceptors (Lipinski definition) is 5. The summed E-state index contributed by atoms with van der Waals surface area (Å²) in [6.45, 7) is 5.13. The highest BCUT2D eigenvalue weighted by atomic mass is 32.2. The smallest absolute Gasteiger partial charge is 0.243 e. The summed E-state index contributed by atoms with van der Waals surface area (Å²) in [7, 11) is -1.66. The van der Waals surface area contributed by atoms with E-state index in [4.69, 9.17) is 0 Å². The van der Waals surface area contributed by atoms with Gasteiger partial charge in [-0.05, 0) is 31.0 Å². The van der Waals surface area contributed by atoms with E-state index in [9.17, 15) is 13.2 Å². The lowest BCUT2D eigenvalue weighted by Crippen LogP contribution is -2.51. The normalized spacial score (nSPS) is 15.9. The lowest BCUT2D eigenvalue weighted by atomic mass is 10.2. The molecule has 1 aromatic carbocycles. The number of aromatic nitrogens is 2. The van der Waals surface area contributed by atoms with E-state index in [1.165, 1.54) is 16.1 Å². The lowest BCUT2D eigenvalue weighted by Gasteiger charge is -2.34. The Kier molecular flexibility index (Phi) is 5.92. The molecule has 0 saturated carbocycles. The minimum Gasteiger partial charge on any atom is -0.339 e. The van der Waals surface area contributed by atoms with E-state index in [0.29, 0.717) is 36.8 Å². The van der Waals surface area contributed by atoms with E-state index in [1.54, 1.807) is 24.1 Å². The quantitative estimate of drug-likeness (QED) is 0.704. The third-order valence-electron chi connectivity index (χ3n) is 4.65. The molecule has 27 heavy (non-hydrogen) atoms. The average molecular weight is 409 g/mol. The molecule has 7 nitrogen and oxygen atoms in total. The molecule has 1 amide bonds. The highest BCUT2D eigenvalue weighted by molar-refractivity contribution is 7.99. The number of hydrogen-bond donors (Lipinski definition) is 0. The number of benzene rings is 1. The third-order valence-corrected chi connectivity index (χ3v) is 7.74. The van der Waals surface area contributed by atoms with Gasteiger partial charge in [-0.2, -0.15) is 4.31 Å². The zero-order chi connectivity index (χ0) is 19.6. The average Bonchev–Trinajstić information content (AvgIpc) is 3.06. The summed E-state index contributed by atoms with van der Waals surface area (Å²) in [6.07, 6.45) is 3.54. The predicted octanol–water partition coefficient (Wildman–Crippen LogP) is 1.66. The monoisotopic (exact) mass is 408 g/mol. The Hall–Kier alpha value is -1.84. The van der Waals surface area contributed by atoms with Crippen molar-refractivity contribution in [1.29, 1.82) is 0 Å². The molecule has 2 heterocycles. The van der Waals surface area contributed by atoms with E-state index in [1.807, 2.05) is 36.9 Å². The molecule has 0 bridgehead atoms. The first kappa shape index (κ1) is 19.9. The van der Waals surface area contributed by atoms with Gasteiger partial charge in [-0.15, -0.1) is 0 Å². The van der Waals surface area contributed by atoms with Crippen molar-refractivity contribution in [1.82, 2.24) is 18.8 Å². The van der Waals surface area contributed by atoms with Gasteiger partial charge in [-0.3, -0.25) is 4.79 Å². The summed E-state index contributed by atoms with van der Waals surface area (Å²) in [4.78, 5) is 18.7. The molecule has 1 aliphatic heterocycles. The molecule has 0 atom stereocenters. The van der Waals surface area contributed by atoms with Crippen molar-refractivity contribution >= 4 is 27.7 Å². The van der Waals surface area contributed by atoms with Gasteiger partial charge in [-0.25, -0.2) is 13.4 Å². The number of sulfonamides is 1. The molecular weight excluding hydrogens is 384 g/mol. The zero-order valence-corrected chi connectivity index (χ0v) is 17.4. The largest absolute Gasteiger partial charge is 0.339 e. The molecule has 3 rings (SSSR count). The Bertz CT molecular complexity index is 932. The number of nitrogens with zero attached hydrogens (tertiary/aromatic N) is 4. The van der Waals surface area contributed by atoms with Gasteiger partial charge >= 0.3 is 0 Å². The van der Waals surface area contributed by atoms with Crippen LogP contribution >= 0.6 is 11.8 Å². The second-order valence-electron chi connectivity index (χ2n) is 6.66. The van der Waals surface area contributed by atoms with Gasteiger partial charge in [0.05, 0.1) is 10.6 Å². The van der Waals surface area contributed by atoms with E-state index >= 15 is 0 Å². The highest BCUT2D eigenvalue weighted by Gasteiger charge is 2.31. The van der Waals surface area contributed by atoms with Crippen LogP contribution in [-0.4, -0.2) is 65.0 Å². The second-order valence-corrected chi connectivity index (χ2v) is 9.51. The van der Waals surface area contributed by atoms with Crippen molar-refractivity contribution in [3.63, 3.8) is 0 Å². The Labute approximate surface area is 164 Å². The van der Waals surface area contributed by atoms with Gasteiger partial charge in [0.25, 0.3) is 0 Å². The molecule has 0 radical (unpaired) electrons. The minimum atomic E-state index is -3.54. The number of piperazine rings is 1. The van der Waals surface area contributed by atoms with Crippen molar-refractivity contribution in [3.8, 4) is 0 Å². The number of amides is 1. The fraction of sp³-hybridized carbons (Fsp3) is 0.444. The van der Waals surface area contributed by atoms with E-state index in [2.05, 4.69) is 4.98 Å². The maximum absolute atomic E-state index is 13.0. The Balaban J connectivity index is 1.60. The van der Waals surface area contributed by atoms with Crippen molar-refractivity contribution < 1.29 is 13.2 Å². The summed E-state index contributed by atoms with van der Waals surface area (Å²) in [6, 6.07) is 5.45. The van der Waals surface area contributed by atoms with Crippen LogP contribution in [0.2, 0.25) is 0 Å². The van der Waals surface area contributed by atoms with Gasteiger partial charge in [0, 0.05) is 45.6 Å². The fourth-order valence-electron chi connectivity index (χ4n) is 3.01. The van der Waals surface area contributed by atoms with Crippen molar-refractivity contribution in [2.45, 2.75) is 23.9 Å². The van der Waals surface area contributed by atoms with Gasteiger partial charge < -0.3 is 9.47 Å². The summed E-state index contributed by atoms with van der Waals surface area (Å²) >= 11 is 1.39. The molecule has 1 fully saturated rings. The topological polar surface area (TPSA) is 75.5 Å². The van der Waals surface area contributed by atoms with Crippen molar-refractivity contribution in [2.24, 2.45) is 7.05 Å². The van der Waals surface area contributed by atoms with Gasteiger partial charge in [0.2, 0.25) is 15.9 Å². The van der Waals surface area contributed by atoms with Crippen LogP contribution in [0.15, 0.2) is 40.6 Å². The van der Waals surface area contributed by atoms with Crippen LogP contribution in [0.4, 0.5) is 0 Å². The second kappa shape index (κ2) is 8.04. The SMILES string of the molecule is Cc1ccc(C)c(S(=O)(=O)N2CCN(C(=O)CSc3nccn3C)CC2)c1. The van der Waals surface area contributed by atoms with Crippen LogP contribution in [0.5, 0.6) is 0 Å². The standard InChI is InChI=1S/C18H24N4O3S2/c1-14-4-5-15(2)16(12-14)27(24,25)22-10-8-21(9-11-22)17(23)13-26-18-19-6-7-20(18)3/h4-7,12H,8-11,13H2,1-3H3. The number of aryl methyl sites for hydroxylation is 3. The Morgan fingerprint density at radius 2 is 1.89 bits per heavy atom. The number of carbonyl (C=O) groups is 1. The Morgan fingerprint density at radius 3 is 2.52 bits per heavy atom. The van der Waals surface area contributed by atoms with Gasteiger partial charge in [0.15, 0.2) is 5.16 Å². The number of imidazole rings is 1. The molecule has 146 valence electrons. The molecule has 0 spiro atoms.